The Kier molecular flexibility index (Phi) is 5.61. The zero-order valence-electron chi connectivity index (χ0n) is 13.5. The minimum atomic E-state index is -0.967. The number of nitrogens with zero attached hydrogens (tertiary/aromatic N) is 2. The van der Waals surface area contributed by atoms with Crippen molar-refractivity contribution in [1.82, 2.24) is 9.97 Å². The molecule has 2 aromatic carbocycles. The van der Waals surface area contributed by atoms with Crippen molar-refractivity contribution in [2.45, 2.75) is 0 Å². The Labute approximate surface area is 150 Å². The van der Waals surface area contributed by atoms with Gasteiger partial charge in [0.15, 0.2) is 11.5 Å². The van der Waals surface area contributed by atoms with Crippen LogP contribution in [0.3, 0.4) is 0 Å². The third-order valence-corrected chi connectivity index (χ3v) is 3.54. The molecule has 0 aliphatic carbocycles. The van der Waals surface area contributed by atoms with E-state index >= 15 is 0 Å². The van der Waals surface area contributed by atoms with E-state index in [1.165, 1.54) is 18.5 Å². The highest BCUT2D eigenvalue weighted by Gasteiger charge is 2.11. The summed E-state index contributed by atoms with van der Waals surface area (Å²) in [4.78, 5) is 19.4. The summed E-state index contributed by atoms with van der Waals surface area (Å²) in [6, 6.07) is 9.97. The summed E-state index contributed by atoms with van der Waals surface area (Å²) >= 11 is 0. The minimum Gasteiger partial charge on any atom is -0.493 e. The maximum Gasteiger partial charge on any atom is 0.335 e. The summed E-state index contributed by atoms with van der Waals surface area (Å²) < 4.78 is 10.6. The van der Waals surface area contributed by atoms with E-state index in [0.29, 0.717) is 22.8 Å². The number of carbonyl (C=O) groups is 1. The molecule has 0 atom stereocenters. The minimum absolute atomic E-state index is 0. The summed E-state index contributed by atoms with van der Waals surface area (Å²) in [6.07, 6.45) is 1.45. The number of fused-ring (bicyclic) bond motifs is 1. The Balaban J connectivity index is 0.00000225. The van der Waals surface area contributed by atoms with Crippen LogP contribution in [0, 0.1) is 0 Å². The third-order valence-electron chi connectivity index (χ3n) is 3.54. The second-order valence-corrected chi connectivity index (χ2v) is 4.95. The summed E-state index contributed by atoms with van der Waals surface area (Å²) in [7, 11) is 3.12. The average molecular weight is 362 g/mol. The lowest BCUT2D eigenvalue weighted by Crippen LogP contribution is -1.99. The van der Waals surface area contributed by atoms with Crippen LogP contribution in [0.2, 0.25) is 0 Å². The number of aromatic nitrogens is 2. The molecular formula is C17H16ClN3O4. The van der Waals surface area contributed by atoms with E-state index in [-0.39, 0.29) is 18.0 Å². The van der Waals surface area contributed by atoms with Gasteiger partial charge in [-0.3, -0.25) is 0 Å². The number of hydrogen-bond donors (Lipinski definition) is 2. The van der Waals surface area contributed by atoms with Gasteiger partial charge in [0.25, 0.3) is 0 Å². The van der Waals surface area contributed by atoms with Crippen LogP contribution in [0.4, 0.5) is 11.5 Å². The van der Waals surface area contributed by atoms with Crippen LogP contribution in [0.15, 0.2) is 42.7 Å². The fraction of sp³-hybridized carbons (Fsp3) is 0.118. The van der Waals surface area contributed by atoms with Gasteiger partial charge in [-0.25, -0.2) is 14.8 Å². The lowest BCUT2D eigenvalue weighted by molar-refractivity contribution is 0.0697. The molecule has 0 saturated heterocycles. The van der Waals surface area contributed by atoms with E-state index in [2.05, 4.69) is 15.3 Å². The van der Waals surface area contributed by atoms with Gasteiger partial charge in [0, 0.05) is 17.1 Å². The molecule has 0 unspecified atom stereocenters. The van der Waals surface area contributed by atoms with Gasteiger partial charge in [0.1, 0.15) is 12.1 Å². The fourth-order valence-corrected chi connectivity index (χ4v) is 2.32. The van der Waals surface area contributed by atoms with E-state index in [1.54, 1.807) is 38.5 Å². The van der Waals surface area contributed by atoms with Crippen LogP contribution in [-0.2, 0) is 0 Å². The Morgan fingerprint density at radius 3 is 2.28 bits per heavy atom. The smallest absolute Gasteiger partial charge is 0.335 e. The Bertz CT molecular complexity index is 900. The van der Waals surface area contributed by atoms with Gasteiger partial charge in [-0.15, -0.1) is 12.4 Å². The number of halogens is 1. The molecule has 0 aliphatic heterocycles. The SMILES string of the molecule is COc1cc2ncnc(Nc3ccc(C(=O)O)cc3)c2cc1OC.Cl. The zero-order chi connectivity index (χ0) is 17.1. The van der Waals surface area contributed by atoms with Crippen molar-refractivity contribution < 1.29 is 19.4 Å². The topological polar surface area (TPSA) is 93.6 Å². The Morgan fingerprint density at radius 1 is 1.04 bits per heavy atom. The molecule has 3 aromatic rings. The van der Waals surface area contributed by atoms with Gasteiger partial charge in [-0.1, -0.05) is 0 Å². The fourth-order valence-electron chi connectivity index (χ4n) is 2.32. The normalized spacial score (nSPS) is 10.0. The molecule has 2 N–H and O–H groups in total. The summed E-state index contributed by atoms with van der Waals surface area (Å²) in [5.41, 5.74) is 1.64. The van der Waals surface area contributed by atoms with Gasteiger partial charge in [-0.2, -0.15) is 0 Å². The third kappa shape index (κ3) is 3.72. The van der Waals surface area contributed by atoms with E-state index in [1.807, 2.05) is 0 Å². The number of anilines is 2. The first-order valence-corrected chi connectivity index (χ1v) is 7.09. The van der Waals surface area contributed by atoms with Crippen LogP contribution >= 0.6 is 12.4 Å². The van der Waals surface area contributed by atoms with Crippen LogP contribution in [0.5, 0.6) is 11.5 Å². The molecule has 3 rings (SSSR count). The van der Waals surface area contributed by atoms with Crippen molar-refractivity contribution in [3.63, 3.8) is 0 Å². The largest absolute Gasteiger partial charge is 0.493 e. The summed E-state index contributed by atoms with van der Waals surface area (Å²) in [5.74, 6) is 0.777. The molecule has 0 radical (unpaired) electrons. The van der Waals surface area contributed by atoms with E-state index < -0.39 is 5.97 Å². The van der Waals surface area contributed by atoms with E-state index in [4.69, 9.17) is 14.6 Å². The number of carboxylic acids is 1. The van der Waals surface area contributed by atoms with E-state index in [9.17, 15) is 4.79 Å². The molecule has 8 heteroatoms. The highest BCUT2D eigenvalue weighted by atomic mass is 35.5. The number of hydrogen-bond acceptors (Lipinski definition) is 6. The zero-order valence-corrected chi connectivity index (χ0v) is 14.3. The molecule has 0 aliphatic rings. The molecule has 0 saturated carbocycles. The molecular weight excluding hydrogens is 346 g/mol. The first-order chi connectivity index (χ1) is 11.6. The first-order valence-electron chi connectivity index (χ1n) is 7.09. The summed E-state index contributed by atoms with van der Waals surface area (Å²) in [5, 5.41) is 12.9. The number of ether oxygens (including phenoxy) is 2. The number of benzene rings is 2. The second kappa shape index (κ2) is 7.67. The Hall–Kier alpha value is -3.06. The van der Waals surface area contributed by atoms with Gasteiger partial charge in [-0.05, 0) is 30.3 Å². The maximum atomic E-state index is 10.9. The number of rotatable bonds is 5. The standard InChI is InChI=1S/C17H15N3O4.ClH/c1-23-14-7-12-13(8-15(14)24-2)18-9-19-16(12)20-11-5-3-10(4-6-11)17(21)22;/h3-9H,1-2H3,(H,21,22)(H,18,19,20);1H. The lowest BCUT2D eigenvalue weighted by Gasteiger charge is -2.12. The van der Waals surface area contributed by atoms with Gasteiger partial charge < -0.3 is 19.9 Å². The van der Waals surface area contributed by atoms with Gasteiger partial charge in [0.2, 0.25) is 0 Å². The van der Waals surface area contributed by atoms with Crippen LogP contribution in [-0.4, -0.2) is 35.3 Å². The highest BCUT2D eigenvalue weighted by molar-refractivity contribution is 5.93. The van der Waals surface area contributed by atoms with Crippen LogP contribution in [0.1, 0.15) is 10.4 Å². The molecule has 7 nitrogen and oxygen atoms in total. The van der Waals surface area contributed by atoms with Crippen LogP contribution in [0.25, 0.3) is 10.9 Å². The van der Waals surface area contributed by atoms with Crippen molar-refractivity contribution in [2.24, 2.45) is 0 Å². The van der Waals surface area contributed by atoms with Crippen molar-refractivity contribution in [1.29, 1.82) is 0 Å². The van der Waals surface area contributed by atoms with Crippen molar-refractivity contribution >= 4 is 40.8 Å². The number of nitrogens with one attached hydrogen (secondary N) is 1. The van der Waals surface area contributed by atoms with Crippen molar-refractivity contribution in [3.05, 3.63) is 48.3 Å². The predicted molar refractivity (Wildman–Crippen MR) is 96.6 cm³/mol. The first kappa shape index (κ1) is 18.3. The van der Waals surface area contributed by atoms with Gasteiger partial charge >= 0.3 is 5.97 Å². The molecule has 0 amide bonds. The molecule has 1 aromatic heterocycles. The highest BCUT2D eigenvalue weighted by Crippen LogP contribution is 2.34. The summed E-state index contributed by atoms with van der Waals surface area (Å²) in [6.45, 7) is 0. The predicted octanol–water partition coefficient (Wildman–Crippen LogP) is 3.51. The van der Waals surface area contributed by atoms with Crippen molar-refractivity contribution in [2.75, 3.05) is 19.5 Å². The van der Waals surface area contributed by atoms with Crippen molar-refractivity contribution in [3.8, 4) is 11.5 Å². The van der Waals surface area contributed by atoms with Gasteiger partial charge in [0.05, 0.1) is 25.3 Å². The molecule has 130 valence electrons. The number of aromatic carboxylic acids is 1. The van der Waals surface area contributed by atoms with Crippen LogP contribution < -0.4 is 14.8 Å². The molecule has 25 heavy (non-hydrogen) atoms. The molecule has 0 spiro atoms. The number of carboxylic acid groups (broad SMARTS) is 1. The lowest BCUT2D eigenvalue weighted by atomic mass is 10.2. The molecule has 0 bridgehead atoms. The molecule has 0 fully saturated rings. The Morgan fingerprint density at radius 2 is 1.68 bits per heavy atom. The second-order valence-electron chi connectivity index (χ2n) is 4.95. The quantitative estimate of drug-likeness (QED) is 0.718. The number of methoxy groups -OCH3 is 2. The monoisotopic (exact) mass is 361 g/mol. The molecule has 1 heterocycles. The average Bonchev–Trinajstić information content (AvgIpc) is 2.61. The van der Waals surface area contributed by atoms with E-state index in [0.717, 1.165) is 11.1 Å². The maximum absolute atomic E-state index is 10.9.